The Balaban J connectivity index is 1.54. The van der Waals surface area contributed by atoms with Gasteiger partial charge in [-0.3, -0.25) is 9.59 Å². The zero-order valence-corrected chi connectivity index (χ0v) is 18.6. The van der Waals surface area contributed by atoms with Gasteiger partial charge in [0.1, 0.15) is 5.75 Å². The Morgan fingerprint density at radius 1 is 1.03 bits per heavy atom. The number of carbonyl (C=O) groups excluding carboxylic acids is 2. The van der Waals surface area contributed by atoms with Crippen molar-refractivity contribution in [2.24, 2.45) is 0 Å². The maximum atomic E-state index is 12.7. The predicted molar refractivity (Wildman–Crippen MR) is 119 cm³/mol. The van der Waals surface area contributed by atoms with Gasteiger partial charge in [0.2, 0.25) is 0 Å². The normalized spacial score (nSPS) is 18.7. The van der Waals surface area contributed by atoms with E-state index in [4.69, 9.17) is 16.3 Å². The molecule has 2 aromatic rings. The van der Waals surface area contributed by atoms with Gasteiger partial charge in [-0.25, -0.2) is 0 Å². The summed E-state index contributed by atoms with van der Waals surface area (Å²) in [4.78, 5) is 28.8. The van der Waals surface area contributed by atoms with Gasteiger partial charge >= 0.3 is 0 Å². The molecule has 1 aliphatic rings. The fourth-order valence-electron chi connectivity index (χ4n) is 3.98. The Bertz CT molecular complexity index is 857. The molecule has 1 heterocycles. The quantitative estimate of drug-likeness (QED) is 0.665. The monoisotopic (exact) mass is 428 g/mol. The van der Waals surface area contributed by atoms with Crippen LogP contribution < -0.4 is 4.74 Å². The summed E-state index contributed by atoms with van der Waals surface area (Å²) in [6.45, 7) is 4.69. The van der Waals surface area contributed by atoms with Crippen molar-refractivity contribution < 1.29 is 14.3 Å². The van der Waals surface area contributed by atoms with Crippen molar-refractivity contribution in [2.75, 3.05) is 13.7 Å². The van der Waals surface area contributed by atoms with Gasteiger partial charge in [0.05, 0.1) is 0 Å². The first-order chi connectivity index (χ1) is 14.3. The molecule has 0 aromatic heterocycles. The second-order valence-corrected chi connectivity index (χ2v) is 8.47. The maximum Gasteiger partial charge on any atom is 0.260 e. The third kappa shape index (κ3) is 5.54. The number of likely N-dealkylation sites (tertiary alicyclic amines) is 1. The van der Waals surface area contributed by atoms with Crippen LogP contribution in [0.4, 0.5) is 0 Å². The summed E-state index contributed by atoms with van der Waals surface area (Å²) in [6.07, 6.45) is 3.24. The van der Waals surface area contributed by atoms with Crippen molar-refractivity contribution in [2.45, 2.75) is 51.7 Å². The summed E-state index contributed by atoms with van der Waals surface area (Å²) in [6, 6.07) is 14.9. The smallest absolute Gasteiger partial charge is 0.260 e. The molecule has 0 aliphatic carbocycles. The number of piperidine rings is 1. The van der Waals surface area contributed by atoms with E-state index in [1.165, 1.54) is 0 Å². The molecule has 1 fully saturated rings. The lowest BCUT2D eigenvalue weighted by molar-refractivity contribution is -0.139. The van der Waals surface area contributed by atoms with Crippen LogP contribution in [0, 0.1) is 0 Å². The standard InChI is InChI=1S/C24H29ClN2O3/c1-17-5-4-6-18(2)27(17)23(28)16-30-22-13-9-20(10-14-22)24(29)26(3)15-19-7-11-21(25)12-8-19/h7-14,17-18H,4-6,15-16H2,1-3H3. The molecule has 2 amide bonds. The topological polar surface area (TPSA) is 49.9 Å². The van der Waals surface area contributed by atoms with Crippen molar-refractivity contribution >= 4 is 23.4 Å². The van der Waals surface area contributed by atoms with Gasteiger partial charge in [-0.1, -0.05) is 23.7 Å². The average molecular weight is 429 g/mol. The minimum Gasteiger partial charge on any atom is -0.484 e. The van der Waals surface area contributed by atoms with Crippen LogP contribution in [0.2, 0.25) is 5.02 Å². The number of carbonyl (C=O) groups is 2. The largest absolute Gasteiger partial charge is 0.484 e. The average Bonchev–Trinajstić information content (AvgIpc) is 2.73. The Morgan fingerprint density at radius 2 is 1.63 bits per heavy atom. The second kappa shape index (κ2) is 9.98. The summed E-state index contributed by atoms with van der Waals surface area (Å²) in [5.74, 6) is 0.513. The SMILES string of the molecule is CC1CCCC(C)N1C(=O)COc1ccc(C(=O)N(C)Cc2ccc(Cl)cc2)cc1. The number of rotatable bonds is 6. The van der Waals surface area contributed by atoms with Crippen molar-refractivity contribution in [1.29, 1.82) is 0 Å². The molecule has 0 bridgehead atoms. The van der Waals surface area contributed by atoms with E-state index in [2.05, 4.69) is 13.8 Å². The van der Waals surface area contributed by atoms with E-state index >= 15 is 0 Å². The van der Waals surface area contributed by atoms with E-state index in [0.29, 0.717) is 22.9 Å². The molecule has 160 valence electrons. The van der Waals surface area contributed by atoms with Gasteiger partial charge < -0.3 is 14.5 Å². The zero-order valence-electron chi connectivity index (χ0n) is 17.8. The van der Waals surface area contributed by atoms with Crippen molar-refractivity contribution in [1.82, 2.24) is 9.80 Å². The van der Waals surface area contributed by atoms with Crippen LogP contribution in [0.15, 0.2) is 48.5 Å². The number of ether oxygens (including phenoxy) is 1. The maximum absolute atomic E-state index is 12.7. The summed E-state index contributed by atoms with van der Waals surface area (Å²) in [5.41, 5.74) is 1.58. The molecule has 30 heavy (non-hydrogen) atoms. The Kier molecular flexibility index (Phi) is 7.38. The number of hydrogen-bond acceptors (Lipinski definition) is 3. The molecule has 1 aliphatic heterocycles. The van der Waals surface area contributed by atoms with E-state index in [0.717, 1.165) is 24.8 Å². The van der Waals surface area contributed by atoms with Crippen LogP contribution in [-0.2, 0) is 11.3 Å². The molecule has 2 atom stereocenters. The van der Waals surface area contributed by atoms with Gasteiger partial charge in [-0.15, -0.1) is 0 Å². The third-order valence-corrected chi connectivity index (χ3v) is 5.88. The summed E-state index contributed by atoms with van der Waals surface area (Å²) >= 11 is 5.91. The Labute approximate surface area is 183 Å². The Hall–Kier alpha value is -2.53. The van der Waals surface area contributed by atoms with E-state index < -0.39 is 0 Å². The van der Waals surface area contributed by atoms with E-state index in [-0.39, 0.29) is 30.5 Å². The first-order valence-electron chi connectivity index (χ1n) is 10.4. The molecule has 0 N–H and O–H groups in total. The van der Waals surface area contributed by atoms with Crippen LogP contribution in [-0.4, -0.2) is 47.4 Å². The number of benzene rings is 2. The van der Waals surface area contributed by atoms with Crippen LogP contribution in [0.5, 0.6) is 5.75 Å². The summed E-state index contributed by atoms with van der Waals surface area (Å²) < 4.78 is 5.69. The molecule has 6 heteroatoms. The third-order valence-electron chi connectivity index (χ3n) is 5.62. The molecule has 2 unspecified atom stereocenters. The fraction of sp³-hybridized carbons (Fsp3) is 0.417. The lowest BCUT2D eigenvalue weighted by Gasteiger charge is -2.38. The lowest BCUT2D eigenvalue weighted by Crippen LogP contribution is -2.49. The van der Waals surface area contributed by atoms with Crippen LogP contribution >= 0.6 is 11.6 Å². The zero-order chi connectivity index (χ0) is 21.7. The molecule has 2 aromatic carbocycles. The highest BCUT2D eigenvalue weighted by Gasteiger charge is 2.29. The highest BCUT2D eigenvalue weighted by atomic mass is 35.5. The minimum atomic E-state index is -0.0801. The summed E-state index contributed by atoms with van der Waals surface area (Å²) in [7, 11) is 1.76. The van der Waals surface area contributed by atoms with Crippen molar-refractivity contribution in [3.63, 3.8) is 0 Å². The van der Waals surface area contributed by atoms with E-state index in [1.807, 2.05) is 29.2 Å². The molecule has 5 nitrogen and oxygen atoms in total. The van der Waals surface area contributed by atoms with E-state index in [9.17, 15) is 9.59 Å². The van der Waals surface area contributed by atoms with Crippen LogP contribution in [0.3, 0.4) is 0 Å². The second-order valence-electron chi connectivity index (χ2n) is 8.03. The first-order valence-corrected chi connectivity index (χ1v) is 10.8. The highest BCUT2D eigenvalue weighted by molar-refractivity contribution is 6.30. The number of halogens is 1. The number of amides is 2. The van der Waals surface area contributed by atoms with Gasteiger partial charge in [-0.2, -0.15) is 0 Å². The molecular formula is C24H29ClN2O3. The molecule has 0 spiro atoms. The fourth-order valence-corrected chi connectivity index (χ4v) is 4.11. The van der Waals surface area contributed by atoms with Gasteiger partial charge in [-0.05, 0) is 75.1 Å². The van der Waals surface area contributed by atoms with Crippen molar-refractivity contribution in [3.05, 3.63) is 64.7 Å². The summed E-state index contributed by atoms with van der Waals surface area (Å²) in [5, 5.41) is 0.672. The molecule has 0 radical (unpaired) electrons. The van der Waals surface area contributed by atoms with Crippen LogP contribution in [0.25, 0.3) is 0 Å². The molecule has 3 rings (SSSR count). The predicted octanol–water partition coefficient (Wildman–Crippen LogP) is 4.78. The molecular weight excluding hydrogens is 400 g/mol. The molecule has 1 saturated heterocycles. The Morgan fingerprint density at radius 3 is 2.23 bits per heavy atom. The van der Waals surface area contributed by atoms with Crippen molar-refractivity contribution in [3.8, 4) is 5.75 Å². The van der Waals surface area contributed by atoms with E-state index in [1.54, 1.807) is 36.2 Å². The minimum absolute atomic E-state index is 0.0116. The highest BCUT2D eigenvalue weighted by Crippen LogP contribution is 2.23. The van der Waals surface area contributed by atoms with Crippen LogP contribution in [0.1, 0.15) is 49.0 Å². The molecule has 0 saturated carbocycles. The first kappa shape index (κ1) is 22.2. The number of nitrogens with zero attached hydrogens (tertiary/aromatic N) is 2. The van der Waals surface area contributed by atoms with Gasteiger partial charge in [0.15, 0.2) is 6.61 Å². The van der Waals surface area contributed by atoms with Gasteiger partial charge in [0.25, 0.3) is 11.8 Å². The lowest BCUT2D eigenvalue weighted by atomic mass is 9.97. The number of hydrogen-bond donors (Lipinski definition) is 0. The van der Waals surface area contributed by atoms with Gasteiger partial charge in [0, 0.05) is 36.3 Å².